The van der Waals surface area contributed by atoms with E-state index in [-0.39, 0.29) is 19.3 Å². The van der Waals surface area contributed by atoms with Crippen molar-refractivity contribution >= 4 is 0 Å². The van der Waals surface area contributed by atoms with E-state index in [1.807, 2.05) is 0 Å². The highest BCUT2D eigenvalue weighted by atomic mass is 16.6. The van der Waals surface area contributed by atoms with E-state index in [1.54, 1.807) is 0 Å². The fourth-order valence-electron chi connectivity index (χ4n) is 2.54. The normalized spacial score (nSPS) is 11.5. The van der Waals surface area contributed by atoms with Crippen LogP contribution in [0.2, 0.25) is 0 Å². The van der Waals surface area contributed by atoms with E-state index in [9.17, 15) is 0 Å². The van der Waals surface area contributed by atoms with Crippen molar-refractivity contribution in [2.24, 2.45) is 0 Å². The van der Waals surface area contributed by atoms with Crippen LogP contribution >= 0.6 is 0 Å². The average Bonchev–Trinajstić information content (AvgIpc) is 2.59. The molecule has 5 nitrogen and oxygen atoms in total. The van der Waals surface area contributed by atoms with Crippen LogP contribution in [0.15, 0.2) is 0 Å². The Balaban J connectivity index is 3.46. The van der Waals surface area contributed by atoms with Crippen molar-refractivity contribution in [1.29, 1.82) is 0 Å². The second kappa shape index (κ2) is 20.8. The number of rotatable bonds is 20. The van der Waals surface area contributed by atoms with Gasteiger partial charge in [-0.25, -0.2) is 0 Å². The van der Waals surface area contributed by atoms with Crippen molar-refractivity contribution in [2.75, 3.05) is 46.2 Å². The van der Waals surface area contributed by atoms with Crippen LogP contribution in [0, 0.1) is 0 Å². The van der Waals surface area contributed by atoms with Gasteiger partial charge < -0.3 is 24.4 Å². The molecule has 24 heavy (non-hydrogen) atoms. The van der Waals surface area contributed by atoms with Gasteiger partial charge in [0, 0.05) is 6.61 Å². The van der Waals surface area contributed by atoms with E-state index in [0.29, 0.717) is 33.0 Å². The number of aliphatic hydroxyl groups excluding tert-OH is 2. The maximum Gasteiger partial charge on any atom is 0.104 e. The zero-order chi connectivity index (χ0) is 17.7. The summed E-state index contributed by atoms with van der Waals surface area (Å²) in [6, 6.07) is 0. The van der Waals surface area contributed by atoms with Gasteiger partial charge in [-0.3, -0.25) is 0 Å². The Hall–Kier alpha value is -0.200. The minimum Gasteiger partial charge on any atom is -0.394 e. The lowest BCUT2D eigenvalue weighted by Crippen LogP contribution is -2.27. The van der Waals surface area contributed by atoms with Crippen LogP contribution in [0.4, 0.5) is 0 Å². The van der Waals surface area contributed by atoms with Crippen LogP contribution in [-0.2, 0) is 14.2 Å². The average molecular weight is 349 g/mol. The molecule has 0 rings (SSSR count). The summed E-state index contributed by atoms with van der Waals surface area (Å²) in [5.74, 6) is 0. The molecule has 0 atom stereocenters. The molecule has 0 aliphatic rings. The number of ether oxygens (including phenoxy) is 3. The van der Waals surface area contributed by atoms with Gasteiger partial charge in [-0.2, -0.15) is 0 Å². The quantitative estimate of drug-likeness (QED) is 0.330. The highest BCUT2D eigenvalue weighted by Gasteiger charge is 2.09. The van der Waals surface area contributed by atoms with Crippen LogP contribution in [0.1, 0.15) is 71.1 Å². The summed E-state index contributed by atoms with van der Waals surface area (Å²) in [6.45, 7) is 4.48. The van der Waals surface area contributed by atoms with Gasteiger partial charge in [-0.15, -0.1) is 0 Å². The van der Waals surface area contributed by atoms with E-state index in [0.717, 1.165) is 6.42 Å². The van der Waals surface area contributed by atoms with Gasteiger partial charge in [0.2, 0.25) is 0 Å². The highest BCUT2D eigenvalue weighted by molar-refractivity contribution is 4.56. The molecule has 0 saturated carbocycles. The molecule has 0 unspecified atom stereocenters. The number of hydrogen-bond donors (Lipinski definition) is 2. The van der Waals surface area contributed by atoms with Gasteiger partial charge >= 0.3 is 0 Å². The first-order chi connectivity index (χ1) is 11.8. The Morgan fingerprint density at radius 1 is 0.625 bits per heavy atom. The molecule has 0 aromatic rings. The van der Waals surface area contributed by atoms with Crippen molar-refractivity contribution in [3.63, 3.8) is 0 Å². The zero-order valence-corrected chi connectivity index (χ0v) is 15.7. The van der Waals surface area contributed by atoms with Crippen molar-refractivity contribution in [1.82, 2.24) is 0 Å². The van der Waals surface area contributed by atoms with Crippen molar-refractivity contribution in [3.05, 3.63) is 0 Å². The lowest BCUT2D eigenvalue weighted by molar-refractivity contribution is -0.0677. The fourth-order valence-corrected chi connectivity index (χ4v) is 2.54. The molecular formula is C19H40O5. The maximum atomic E-state index is 8.74. The molecule has 0 heterocycles. The monoisotopic (exact) mass is 348 g/mol. The van der Waals surface area contributed by atoms with Crippen LogP contribution in [-0.4, -0.2) is 62.6 Å². The van der Waals surface area contributed by atoms with Crippen molar-refractivity contribution < 1.29 is 24.4 Å². The summed E-state index contributed by atoms with van der Waals surface area (Å²) >= 11 is 0. The largest absolute Gasteiger partial charge is 0.394 e. The minimum atomic E-state index is -0.123. The third-order valence-corrected chi connectivity index (χ3v) is 3.93. The van der Waals surface area contributed by atoms with Gasteiger partial charge in [-0.1, -0.05) is 64.7 Å². The summed E-state index contributed by atoms with van der Waals surface area (Å²) in [5.41, 5.74) is 0. The minimum absolute atomic E-state index is 0.0165. The SMILES string of the molecule is CCCCCCCCCCCCOC(COCCO)COCCO. The summed E-state index contributed by atoms with van der Waals surface area (Å²) in [5, 5.41) is 17.5. The number of hydrogen-bond acceptors (Lipinski definition) is 5. The standard InChI is InChI=1S/C19H40O5/c1-2-3-4-5-6-7-8-9-10-11-14-24-19(17-22-15-12-20)18-23-16-13-21/h19-21H,2-18H2,1H3. The van der Waals surface area contributed by atoms with E-state index < -0.39 is 0 Å². The molecule has 2 N–H and O–H groups in total. The Morgan fingerprint density at radius 2 is 1.08 bits per heavy atom. The molecule has 0 radical (unpaired) electrons. The molecule has 0 saturated heterocycles. The van der Waals surface area contributed by atoms with E-state index in [4.69, 9.17) is 24.4 Å². The van der Waals surface area contributed by atoms with Gasteiger partial charge in [0.1, 0.15) is 6.10 Å². The molecule has 0 spiro atoms. The Bertz CT molecular complexity index is 216. The van der Waals surface area contributed by atoms with Gasteiger partial charge in [0.05, 0.1) is 39.6 Å². The molecule has 0 bridgehead atoms. The predicted molar refractivity (Wildman–Crippen MR) is 97.4 cm³/mol. The summed E-state index contributed by atoms with van der Waals surface area (Å²) < 4.78 is 16.4. The van der Waals surface area contributed by atoms with Crippen LogP contribution in [0.25, 0.3) is 0 Å². The number of unbranched alkanes of at least 4 members (excludes halogenated alkanes) is 9. The topological polar surface area (TPSA) is 68.2 Å². The van der Waals surface area contributed by atoms with Crippen LogP contribution in [0.3, 0.4) is 0 Å². The third-order valence-electron chi connectivity index (χ3n) is 3.93. The summed E-state index contributed by atoms with van der Waals surface area (Å²) in [4.78, 5) is 0. The van der Waals surface area contributed by atoms with Crippen LogP contribution in [0.5, 0.6) is 0 Å². The molecule has 146 valence electrons. The Morgan fingerprint density at radius 3 is 1.54 bits per heavy atom. The number of aliphatic hydroxyl groups is 2. The third kappa shape index (κ3) is 18.1. The zero-order valence-electron chi connectivity index (χ0n) is 15.7. The van der Waals surface area contributed by atoms with Gasteiger partial charge in [0.15, 0.2) is 0 Å². The Labute approximate surface area is 148 Å². The smallest absolute Gasteiger partial charge is 0.104 e. The predicted octanol–water partition coefficient (Wildman–Crippen LogP) is 3.31. The molecule has 0 amide bonds. The molecule has 0 aromatic heterocycles. The fraction of sp³-hybridized carbons (Fsp3) is 1.00. The lowest BCUT2D eigenvalue weighted by atomic mass is 10.1. The van der Waals surface area contributed by atoms with E-state index in [2.05, 4.69) is 6.92 Å². The molecule has 5 heteroatoms. The highest BCUT2D eigenvalue weighted by Crippen LogP contribution is 2.10. The van der Waals surface area contributed by atoms with Gasteiger partial charge in [0.25, 0.3) is 0 Å². The first-order valence-electron chi connectivity index (χ1n) is 9.84. The summed E-state index contributed by atoms with van der Waals surface area (Å²) in [6.07, 6.45) is 13.0. The van der Waals surface area contributed by atoms with Crippen molar-refractivity contribution in [2.45, 2.75) is 77.2 Å². The molecular weight excluding hydrogens is 308 g/mol. The second-order valence-electron chi connectivity index (χ2n) is 6.27. The second-order valence-corrected chi connectivity index (χ2v) is 6.27. The van der Waals surface area contributed by atoms with E-state index >= 15 is 0 Å². The first kappa shape index (κ1) is 23.8. The first-order valence-corrected chi connectivity index (χ1v) is 9.84. The van der Waals surface area contributed by atoms with Crippen LogP contribution < -0.4 is 0 Å². The molecule has 0 aliphatic heterocycles. The lowest BCUT2D eigenvalue weighted by Gasteiger charge is -2.18. The Kier molecular flexibility index (Phi) is 20.7. The maximum absolute atomic E-state index is 8.74. The molecule has 0 aromatic carbocycles. The van der Waals surface area contributed by atoms with Gasteiger partial charge in [-0.05, 0) is 6.42 Å². The van der Waals surface area contributed by atoms with Crippen molar-refractivity contribution in [3.8, 4) is 0 Å². The van der Waals surface area contributed by atoms with E-state index in [1.165, 1.54) is 57.8 Å². The summed E-state index contributed by atoms with van der Waals surface area (Å²) in [7, 11) is 0. The molecule has 0 aliphatic carbocycles. The molecule has 0 fully saturated rings.